The minimum atomic E-state index is -0.124. The summed E-state index contributed by atoms with van der Waals surface area (Å²) >= 11 is 0. The number of benzene rings is 1. The zero-order valence-electron chi connectivity index (χ0n) is 19.4. The number of aromatic nitrogens is 3. The van der Waals surface area contributed by atoms with Gasteiger partial charge in [0.25, 0.3) is 11.8 Å². The molecule has 178 valence electrons. The summed E-state index contributed by atoms with van der Waals surface area (Å²) in [6.07, 6.45) is 14.1. The van der Waals surface area contributed by atoms with Gasteiger partial charge in [0, 0.05) is 67.8 Å². The van der Waals surface area contributed by atoms with Gasteiger partial charge >= 0.3 is 0 Å². The van der Waals surface area contributed by atoms with Crippen LogP contribution in [0.2, 0.25) is 0 Å². The molecule has 3 heterocycles. The van der Waals surface area contributed by atoms with Gasteiger partial charge in [-0.1, -0.05) is 19.3 Å². The van der Waals surface area contributed by atoms with Crippen LogP contribution in [0.1, 0.15) is 58.4 Å². The Morgan fingerprint density at radius 1 is 0.941 bits per heavy atom. The number of rotatable bonds is 5. The van der Waals surface area contributed by atoms with Crippen molar-refractivity contribution in [2.24, 2.45) is 0 Å². The third kappa shape index (κ3) is 6.29. The Hall–Kier alpha value is -3.52. The molecule has 34 heavy (non-hydrogen) atoms. The first-order valence-electron chi connectivity index (χ1n) is 12.0. The second-order valence-corrected chi connectivity index (χ2v) is 8.54. The van der Waals surface area contributed by atoms with E-state index in [1.165, 1.54) is 12.8 Å². The molecule has 0 aliphatic carbocycles. The summed E-state index contributed by atoms with van der Waals surface area (Å²) in [7, 11) is 0. The van der Waals surface area contributed by atoms with Gasteiger partial charge in [0.2, 0.25) is 0 Å². The van der Waals surface area contributed by atoms with Crippen molar-refractivity contribution in [1.82, 2.24) is 25.2 Å². The van der Waals surface area contributed by atoms with Crippen LogP contribution in [-0.4, -0.2) is 46.0 Å². The van der Waals surface area contributed by atoms with Gasteiger partial charge in [-0.05, 0) is 55.3 Å². The lowest BCUT2D eigenvalue weighted by Gasteiger charge is -2.27. The molecule has 1 aliphatic rings. The van der Waals surface area contributed by atoms with Crippen LogP contribution in [0, 0.1) is 0 Å². The van der Waals surface area contributed by atoms with Crippen molar-refractivity contribution in [3.05, 3.63) is 78.1 Å². The lowest BCUT2D eigenvalue weighted by atomic mass is 10.0. The van der Waals surface area contributed by atoms with Crippen LogP contribution in [0.5, 0.6) is 0 Å². The molecular weight excluding hydrogens is 428 g/mol. The van der Waals surface area contributed by atoms with E-state index in [1.54, 1.807) is 37.1 Å². The van der Waals surface area contributed by atoms with Crippen LogP contribution in [0.3, 0.4) is 0 Å². The summed E-state index contributed by atoms with van der Waals surface area (Å²) in [5.74, 6) is -0.167. The van der Waals surface area contributed by atoms with E-state index >= 15 is 0 Å². The molecule has 0 spiro atoms. The van der Waals surface area contributed by atoms with E-state index in [-0.39, 0.29) is 11.8 Å². The molecule has 2 amide bonds. The van der Waals surface area contributed by atoms with Crippen LogP contribution in [0.15, 0.2) is 61.4 Å². The average Bonchev–Trinajstić information content (AvgIpc) is 3.38. The molecule has 0 unspecified atom stereocenters. The molecule has 4 rings (SSSR count). The Bertz CT molecular complexity index is 1070. The molecule has 1 aromatic carbocycles. The monoisotopic (exact) mass is 460 g/mol. The van der Waals surface area contributed by atoms with Gasteiger partial charge in [0.15, 0.2) is 0 Å². The van der Waals surface area contributed by atoms with Crippen LogP contribution in [0.4, 0.5) is 5.69 Å². The first-order chi connectivity index (χ1) is 16.7. The number of carbonyl (C=O) groups excluding carboxylic acids is 2. The lowest BCUT2D eigenvalue weighted by Crippen LogP contribution is -2.34. The zero-order valence-corrected chi connectivity index (χ0v) is 19.4. The molecule has 2 N–H and O–H groups in total. The van der Waals surface area contributed by atoms with Gasteiger partial charge in [-0.25, -0.2) is 4.98 Å². The Balaban J connectivity index is 1.56. The third-order valence-corrected chi connectivity index (χ3v) is 6.07. The maximum atomic E-state index is 13.4. The fourth-order valence-electron chi connectivity index (χ4n) is 4.21. The molecule has 8 nitrogen and oxygen atoms in total. The van der Waals surface area contributed by atoms with Crippen molar-refractivity contribution in [1.29, 1.82) is 0 Å². The highest BCUT2D eigenvalue weighted by atomic mass is 16.2. The zero-order chi connectivity index (χ0) is 23.6. The Morgan fingerprint density at radius 2 is 1.76 bits per heavy atom. The quantitative estimate of drug-likeness (QED) is 0.609. The average molecular weight is 461 g/mol. The van der Waals surface area contributed by atoms with Crippen LogP contribution in [-0.2, 0) is 13.1 Å². The Kier molecular flexibility index (Phi) is 8.40. The molecule has 2 aromatic heterocycles. The number of hydrogen-bond donors (Lipinski definition) is 2. The number of anilines is 1. The summed E-state index contributed by atoms with van der Waals surface area (Å²) in [6.45, 7) is 3.33. The molecule has 0 fully saturated rings. The van der Waals surface area contributed by atoms with E-state index in [1.807, 2.05) is 33.9 Å². The second-order valence-electron chi connectivity index (χ2n) is 8.54. The van der Waals surface area contributed by atoms with E-state index in [2.05, 4.69) is 20.6 Å². The van der Waals surface area contributed by atoms with Crippen LogP contribution >= 0.6 is 0 Å². The molecule has 1 aliphatic heterocycles. The largest absolute Gasteiger partial charge is 0.350 e. The van der Waals surface area contributed by atoms with Gasteiger partial charge in [-0.2, -0.15) is 0 Å². The van der Waals surface area contributed by atoms with Gasteiger partial charge in [0.05, 0.1) is 6.33 Å². The number of carbonyl (C=O) groups is 2. The highest BCUT2D eigenvalue weighted by Crippen LogP contribution is 2.25. The third-order valence-electron chi connectivity index (χ3n) is 6.07. The van der Waals surface area contributed by atoms with Gasteiger partial charge in [-0.15, -0.1) is 0 Å². The number of pyridine rings is 1. The first kappa shape index (κ1) is 23.6. The molecule has 0 saturated carbocycles. The van der Waals surface area contributed by atoms with E-state index in [0.29, 0.717) is 37.3 Å². The summed E-state index contributed by atoms with van der Waals surface area (Å²) in [4.78, 5) is 36.2. The van der Waals surface area contributed by atoms with Crippen molar-refractivity contribution in [2.45, 2.75) is 45.2 Å². The van der Waals surface area contributed by atoms with Gasteiger partial charge < -0.3 is 20.1 Å². The Labute approximate surface area is 200 Å². The van der Waals surface area contributed by atoms with Crippen molar-refractivity contribution >= 4 is 17.5 Å². The van der Waals surface area contributed by atoms with Crippen LogP contribution in [0.25, 0.3) is 0 Å². The minimum absolute atomic E-state index is 0.0433. The van der Waals surface area contributed by atoms with E-state index in [0.717, 1.165) is 37.1 Å². The van der Waals surface area contributed by atoms with E-state index in [4.69, 9.17) is 0 Å². The number of imidazole rings is 1. The Morgan fingerprint density at radius 3 is 2.59 bits per heavy atom. The van der Waals surface area contributed by atoms with E-state index in [9.17, 15) is 9.59 Å². The molecular formula is C26H32N6O2. The summed E-state index contributed by atoms with van der Waals surface area (Å²) in [5.41, 5.74) is 3.01. The van der Waals surface area contributed by atoms with Crippen molar-refractivity contribution in [3.8, 4) is 0 Å². The standard InChI is InChI=1S/C26H32N6O2/c33-25(30-14-17-31-16-13-29-20-31)22-6-7-24-23(18-22)19-28-10-4-2-1-3-5-15-32(24)26(34)21-8-11-27-12-9-21/h6-9,11-13,16,18,20,28H,1-5,10,14-15,17,19H2,(H,30,33). The van der Waals surface area contributed by atoms with Crippen molar-refractivity contribution < 1.29 is 9.59 Å². The highest BCUT2D eigenvalue weighted by Gasteiger charge is 2.21. The topological polar surface area (TPSA) is 92.2 Å². The normalized spacial score (nSPS) is 15.0. The molecule has 0 bridgehead atoms. The van der Waals surface area contributed by atoms with Crippen molar-refractivity contribution in [3.63, 3.8) is 0 Å². The predicted molar refractivity (Wildman–Crippen MR) is 132 cm³/mol. The minimum Gasteiger partial charge on any atom is -0.350 e. The molecule has 8 heteroatoms. The molecule has 0 saturated heterocycles. The SMILES string of the molecule is O=C(NCCn1ccnc1)c1ccc2c(c1)CNCCCCCCCN2C(=O)c1ccncc1. The van der Waals surface area contributed by atoms with Gasteiger partial charge in [-0.3, -0.25) is 14.6 Å². The highest BCUT2D eigenvalue weighted by molar-refractivity contribution is 6.06. The summed E-state index contributed by atoms with van der Waals surface area (Å²) in [6, 6.07) is 9.13. The fraction of sp³-hybridized carbons (Fsp3) is 0.385. The number of nitrogens with zero attached hydrogens (tertiary/aromatic N) is 4. The van der Waals surface area contributed by atoms with Crippen molar-refractivity contribution in [2.75, 3.05) is 24.5 Å². The van der Waals surface area contributed by atoms with Crippen LogP contribution < -0.4 is 15.5 Å². The number of amides is 2. The second kappa shape index (κ2) is 12.1. The molecule has 3 aromatic rings. The lowest BCUT2D eigenvalue weighted by molar-refractivity contribution is 0.0951. The molecule has 0 radical (unpaired) electrons. The van der Waals surface area contributed by atoms with E-state index < -0.39 is 0 Å². The number of nitrogens with one attached hydrogen (secondary N) is 2. The van der Waals surface area contributed by atoms with Gasteiger partial charge in [0.1, 0.15) is 0 Å². The predicted octanol–water partition coefficient (Wildman–Crippen LogP) is 3.41. The first-order valence-corrected chi connectivity index (χ1v) is 12.0. The smallest absolute Gasteiger partial charge is 0.258 e. The maximum absolute atomic E-state index is 13.4. The summed E-state index contributed by atoms with van der Waals surface area (Å²) in [5, 5.41) is 6.47. The summed E-state index contributed by atoms with van der Waals surface area (Å²) < 4.78 is 1.92. The number of hydrogen-bond acceptors (Lipinski definition) is 5. The molecule has 0 atom stereocenters. The number of fused-ring (bicyclic) bond motifs is 1. The fourth-order valence-corrected chi connectivity index (χ4v) is 4.21. The maximum Gasteiger partial charge on any atom is 0.258 e.